The molecular weight excluding hydrogens is 222 g/mol. The molecule has 0 bridgehead atoms. The summed E-state index contributed by atoms with van der Waals surface area (Å²) in [5.74, 6) is 0.221. The maximum atomic E-state index is 11.0. The van der Waals surface area contributed by atoms with Gasteiger partial charge in [0.2, 0.25) is 0 Å². The Morgan fingerprint density at radius 2 is 2.19 bits per heavy atom. The van der Waals surface area contributed by atoms with E-state index >= 15 is 0 Å². The number of halogens is 1. The maximum absolute atomic E-state index is 11.0. The van der Waals surface area contributed by atoms with Crippen molar-refractivity contribution < 1.29 is 4.79 Å². The highest BCUT2D eigenvalue weighted by molar-refractivity contribution is 6.31. The van der Waals surface area contributed by atoms with E-state index in [1.165, 1.54) is 5.56 Å². The van der Waals surface area contributed by atoms with Gasteiger partial charge in [-0.1, -0.05) is 11.6 Å². The first-order chi connectivity index (χ1) is 7.58. The number of ketones is 1. The molecule has 16 heavy (non-hydrogen) atoms. The molecule has 0 amide bonds. The fraction of sp³-hybridized carbons (Fsp3) is 0.308. The molecular formula is C13H14ClNO. The first kappa shape index (κ1) is 11.2. The molecule has 3 heteroatoms. The molecule has 0 saturated heterocycles. The van der Waals surface area contributed by atoms with Crippen LogP contribution in [0.1, 0.15) is 18.9 Å². The number of Topliss-reactive ketones (excluding diaryl/α,β-unsaturated/α-hetero) is 1. The second-order valence-electron chi connectivity index (χ2n) is 4.13. The third-order valence-electron chi connectivity index (χ3n) is 2.78. The number of fused-ring (bicyclic) bond motifs is 1. The molecule has 0 N–H and O–H groups in total. The molecule has 84 valence electrons. The van der Waals surface area contributed by atoms with Crippen LogP contribution in [0.3, 0.4) is 0 Å². The smallest absolute Gasteiger partial charge is 0.130 e. The zero-order valence-corrected chi connectivity index (χ0v) is 10.2. The number of carbonyl (C=O) groups is 1. The van der Waals surface area contributed by atoms with Crippen LogP contribution in [0.5, 0.6) is 0 Å². The van der Waals surface area contributed by atoms with Gasteiger partial charge < -0.3 is 9.36 Å². The Balaban J connectivity index is 2.44. The third-order valence-corrected chi connectivity index (χ3v) is 3.02. The van der Waals surface area contributed by atoms with E-state index in [0.29, 0.717) is 6.42 Å². The minimum absolute atomic E-state index is 0.221. The zero-order valence-electron chi connectivity index (χ0n) is 9.46. The van der Waals surface area contributed by atoms with Crippen molar-refractivity contribution in [2.45, 2.75) is 19.8 Å². The Kier molecular flexibility index (Phi) is 3.01. The van der Waals surface area contributed by atoms with Crippen molar-refractivity contribution in [3.05, 3.63) is 35.0 Å². The topological polar surface area (TPSA) is 22.0 Å². The fourth-order valence-electron chi connectivity index (χ4n) is 1.96. The Morgan fingerprint density at radius 3 is 2.88 bits per heavy atom. The molecule has 0 saturated carbocycles. The number of aryl methyl sites for hydroxylation is 2. The van der Waals surface area contributed by atoms with Crippen LogP contribution in [0, 0.1) is 0 Å². The van der Waals surface area contributed by atoms with E-state index in [9.17, 15) is 4.79 Å². The van der Waals surface area contributed by atoms with Gasteiger partial charge in [-0.3, -0.25) is 0 Å². The summed E-state index contributed by atoms with van der Waals surface area (Å²) in [6.45, 7) is 1.62. The van der Waals surface area contributed by atoms with Crippen molar-refractivity contribution >= 4 is 28.3 Å². The van der Waals surface area contributed by atoms with Gasteiger partial charge in [0.1, 0.15) is 5.78 Å². The molecule has 2 rings (SSSR count). The molecule has 0 fully saturated rings. The highest BCUT2D eigenvalue weighted by Gasteiger charge is 2.07. The number of rotatable bonds is 3. The van der Waals surface area contributed by atoms with Crippen LogP contribution in [0.2, 0.25) is 5.02 Å². The van der Waals surface area contributed by atoms with E-state index in [0.717, 1.165) is 22.3 Å². The van der Waals surface area contributed by atoms with E-state index in [1.54, 1.807) is 6.92 Å². The summed E-state index contributed by atoms with van der Waals surface area (Å²) in [6.07, 6.45) is 3.45. The van der Waals surface area contributed by atoms with Crippen molar-refractivity contribution in [2.24, 2.45) is 7.05 Å². The predicted octanol–water partition coefficient (Wildman–Crippen LogP) is 3.35. The van der Waals surface area contributed by atoms with Crippen LogP contribution in [0.4, 0.5) is 0 Å². The summed E-state index contributed by atoms with van der Waals surface area (Å²) in [5, 5.41) is 1.89. The number of benzene rings is 1. The lowest BCUT2D eigenvalue weighted by molar-refractivity contribution is -0.116. The summed E-state index contributed by atoms with van der Waals surface area (Å²) in [6, 6.07) is 5.86. The summed E-state index contributed by atoms with van der Waals surface area (Å²) in [5.41, 5.74) is 2.35. The van der Waals surface area contributed by atoms with Gasteiger partial charge in [0.15, 0.2) is 0 Å². The lowest BCUT2D eigenvalue weighted by Crippen LogP contribution is -1.93. The minimum atomic E-state index is 0.221. The standard InChI is InChI=1S/C13H14ClNO/c1-9(16)3-4-10-8-15(2)13-6-5-11(14)7-12(10)13/h5-8H,3-4H2,1-2H3. The molecule has 2 aromatic rings. The predicted molar refractivity (Wildman–Crippen MR) is 66.9 cm³/mol. The molecule has 0 unspecified atom stereocenters. The number of hydrogen-bond acceptors (Lipinski definition) is 1. The third kappa shape index (κ3) is 2.12. The minimum Gasteiger partial charge on any atom is -0.350 e. The summed E-state index contributed by atoms with van der Waals surface area (Å²) < 4.78 is 2.07. The van der Waals surface area contributed by atoms with Crippen molar-refractivity contribution in [3.63, 3.8) is 0 Å². The van der Waals surface area contributed by atoms with Crippen LogP contribution in [-0.2, 0) is 18.3 Å². The number of hydrogen-bond donors (Lipinski definition) is 0. The highest BCUT2D eigenvalue weighted by Crippen LogP contribution is 2.25. The highest BCUT2D eigenvalue weighted by atomic mass is 35.5. The molecule has 0 aliphatic carbocycles. The van der Waals surface area contributed by atoms with Gasteiger partial charge in [0, 0.05) is 35.6 Å². The van der Waals surface area contributed by atoms with Crippen molar-refractivity contribution in [1.82, 2.24) is 4.57 Å². The summed E-state index contributed by atoms with van der Waals surface area (Å²) in [7, 11) is 2.01. The molecule has 1 heterocycles. The normalized spacial score (nSPS) is 10.9. The summed E-state index contributed by atoms with van der Waals surface area (Å²) in [4.78, 5) is 11.0. The average molecular weight is 236 g/mol. The molecule has 0 spiro atoms. The first-order valence-corrected chi connectivity index (χ1v) is 5.68. The lowest BCUT2D eigenvalue weighted by Gasteiger charge is -1.97. The van der Waals surface area contributed by atoms with E-state index < -0.39 is 0 Å². The van der Waals surface area contributed by atoms with Gasteiger partial charge in [-0.25, -0.2) is 0 Å². The van der Waals surface area contributed by atoms with E-state index in [-0.39, 0.29) is 5.78 Å². The summed E-state index contributed by atoms with van der Waals surface area (Å²) >= 11 is 5.99. The van der Waals surface area contributed by atoms with Gasteiger partial charge >= 0.3 is 0 Å². The fourth-order valence-corrected chi connectivity index (χ4v) is 2.13. The Hall–Kier alpha value is -1.28. The van der Waals surface area contributed by atoms with Crippen LogP contribution in [0.25, 0.3) is 10.9 Å². The van der Waals surface area contributed by atoms with E-state index in [1.807, 2.05) is 25.2 Å². The molecule has 0 atom stereocenters. The van der Waals surface area contributed by atoms with E-state index in [4.69, 9.17) is 11.6 Å². The Bertz CT molecular complexity index is 542. The quantitative estimate of drug-likeness (QED) is 0.800. The molecule has 0 aliphatic rings. The Labute approximate surface area is 99.8 Å². The van der Waals surface area contributed by atoms with Crippen molar-refractivity contribution in [1.29, 1.82) is 0 Å². The van der Waals surface area contributed by atoms with Gasteiger partial charge in [0.05, 0.1) is 0 Å². The second-order valence-corrected chi connectivity index (χ2v) is 4.57. The second kappa shape index (κ2) is 4.30. The lowest BCUT2D eigenvalue weighted by atomic mass is 10.1. The number of aromatic nitrogens is 1. The first-order valence-electron chi connectivity index (χ1n) is 5.31. The molecule has 0 aliphatic heterocycles. The van der Waals surface area contributed by atoms with Crippen LogP contribution >= 0.6 is 11.6 Å². The largest absolute Gasteiger partial charge is 0.350 e. The van der Waals surface area contributed by atoms with Gasteiger partial charge in [0.25, 0.3) is 0 Å². The molecule has 1 aromatic carbocycles. The average Bonchev–Trinajstić information content (AvgIpc) is 2.52. The van der Waals surface area contributed by atoms with Gasteiger partial charge in [-0.2, -0.15) is 0 Å². The van der Waals surface area contributed by atoms with Crippen LogP contribution in [0.15, 0.2) is 24.4 Å². The van der Waals surface area contributed by atoms with Crippen LogP contribution < -0.4 is 0 Å². The van der Waals surface area contributed by atoms with Gasteiger partial charge in [-0.15, -0.1) is 0 Å². The van der Waals surface area contributed by atoms with Crippen molar-refractivity contribution in [2.75, 3.05) is 0 Å². The monoisotopic (exact) mass is 235 g/mol. The van der Waals surface area contributed by atoms with E-state index in [2.05, 4.69) is 10.8 Å². The number of carbonyl (C=O) groups excluding carboxylic acids is 1. The molecule has 2 nitrogen and oxygen atoms in total. The van der Waals surface area contributed by atoms with Crippen LogP contribution in [-0.4, -0.2) is 10.4 Å². The Morgan fingerprint density at radius 1 is 1.44 bits per heavy atom. The number of nitrogens with zero attached hydrogens (tertiary/aromatic N) is 1. The van der Waals surface area contributed by atoms with Crippen molar-refractivity contribution in [3.8, 4) is 0 Å². The molecule has 1 aromatic heterocycles. The zero-order chi connectivity index (χ0) is 11.7. The maximum Gasteiger partial charge on any atom is 0.130 e. The SMILES string of the molecule is CC(=O)CCc1cn(C)c2ccc(Cl)cc12. The van der Waals surface area contributed by atoms with Gasteiger partial charge in [-0.05, 0) is 37.1 Å². The molecule has 0 radical (unpaired) electrons.